The van der Waals surface area contributed by atoms with Gasteiger partial charge in [0.25, 0.3) is 5.91 Å². The highest BCUT2D eigenvalue weighted by molar-refractivity contribution is 7.80. The molecule has 0 unspecified atom stereocenters. The SMILES string of the molecule is CCc1ccccc1N1C(=O)/C(=C\c2ccc(OC(F)F)c(OC)c2)NC1=S. The molecule has 1 aliphatic heterocycles. The fourth-order valence-electron chi connectivity index (χ4n) is 2.92. The van der Waals surface area contributed by atoms with Gasteiger partial charge >= 0.3 is 6.61 Å². The number of nitrogens with one attached hydrogen (secondary N) is 1. The number of methoxy groups -OCH3 is 1. The van der Waals surface area contributed by atoms with Crippen LogP contribution in [-0.2, 0) is 11.2 Å². The van der Waals surface area contributed by atoms with Gasteiger partial charge < -0.3 is 14.8 Å². The average molecular weight is 404 g/mol. The van der Waals surface area contributed by atoms with Gasteiger partial charge in [-0.3, -0.25) is 9.69 Å². The number of benzene rings is 2. The molecule has 28 heavy (non-hydrogen) atoms. The second-order valence-electron chi connectivity index (χ2n) is 5.90. The number of hydrogen-bond acceptors (Lipinski definition) is 4. The molecule has 8 heteroatoms. The molecular formula is C20H18F2N2O3S. The molecule has 0 bridgehead atoms. The number of para-hydroxylation sites is 1. The third kappa shape index (κ3) is 3.96. The fraction of sp³-hybridized carbons (Fsp3) is 0.200. The van der Waals surface area contributed by atoms with E-state index in [1.54, 1.807) is 12.1 Å². The molecule has 0 atom stereocenters. The van der Waals surface area contributed by atoms with Gasteiger partial charge in [-0.25, -0.2) is 0 Å². The first-order valence-corrected chi connectivity index (χ1v) is 8.93. The standard InChI is InChI=1S/C20H18F2N2O3S/c1-3-13-6-4-5-7-15(13)24-18(25)14(23-20(24)28)10-12-8-9-16(27-19(21)22)17(11-12)26-2/h4-11,19H,3H2,1-2H3,(H,23,28)/b14-10+. The number of thiocarbonyl (C=S) groups is 1. The Labute approximate surface area is 166 Å². The van der Waals surface area contributed by atoms with Crippen LogP contribution < -0.4 is 19.7 Å². The first kappa shape index (κ1) is 19.8. The maximum Gasteiger partial charge on any atom is 0.387 e. The minimum atomic E-state index is -2.96. The van der Waals surface area contributed by atoms with Crippen LogP contribution in [0.4, 0.5) is 14.5 Å². The zero-order chi connectivity index (χ0) is 20.3. The lowest BCUT2D eigenvalue weighted by atomic mass is 10.1. The molecule has 2 aromatic carbocycles. The van der Waals surface area contributed by atoms with Crippen LogP contribution in [0.2, 0.25) is 0 Å². The van der Waals surface area contributed by atoms with Crippen molar-refractivity contribution < 1.29 is 23.0 Å². The van der Waals surface area contributed by atoms with E-state index in [2.05, 4.69) is 10.1 Å². The van der Waals surface area contributed by atoms with Crippen LogP contribution in [0.25, 0.3) is 6.08 Å². The van der Waals surface area contributed by atoms with Crippen LogP contribution >= 0.6 is 12.2 Å². The highest BCUT2D eigenvalue weighted by atomic mass is 32.1. The number of nitrogens with zero attached hydrogens (tertiary/aromatic N) is 1. The number of rotatable bonds is 6. The van der Waals surface area contributed by atoms with Crippen molar-refractivity contribution in [1.82, 2.24) is 5.32 Å². The Morgan fingerprint density at radius 2 is 1.96 bits per heavy atom. The van der Waals surface area contributed by atoms with Crippen molar-refractivity contribution in [2.75, 3.05) is 12.0 Å². The highest BCUT2D eigenvalue weighted by Gasteiger charge is 2.33. The average Bonchev–Trinajstić information content (AvgIpc) is 2.95. The summed E-state index contributed by atoms with van der Waals surface area (Å²) in [5, 5.41) is 3.19. The Balaban J connectivity index is 1.92. The lowest BCUT2D eigenvalue weighted by Gasteiger charge is -2.17. The monoisotopic (exact) mass is 404 g/mol. The first-order valence-electron chi connectivity index (χ1n) is 8.52. The van der Waals surface area contributed by atoms with E-state index in [-0.39, 0.29) is 28.2 Å². The van der Waals surface area contributed by atoms with E-state index in [1.165, 1.54) is 24.1 Å². The Morgan fingerprint density at radius 3 is 2.64 bits per heavy atom. The molecule has 1 fully saturated rings. The molecule has 1 saturated heterocycles. The predicted molar refractivity (Wildman–Crippen MR) is 107 cm³/mol. The van der Waals surface area contributed by atoms with E-state index in [4.69, 9.17) is 17.0 Å². The molecule has 0 aliphatic carbocycles. The maximum absolute atomic E-state index is 12.9. The van der Waals surface area contributed by atoms with E-state index < -0.39 is 6.61 Å². The van der Waals surface area contributed by atoms with Gasteiger partial charge in [0.15, 0.2) is 16.6 Å². The van der Waals surface area contributed by atoms with Crippen LogP contribution in [-0.4, -0.2) is 24.7 Å². The largest absolute Gasteiger partial charge is 0.493 e. The van der Waals surface area contributed by atoms with Crippen molar-refractivity contribution in [3.05, 3.63) is 59.3 Å². The summed E-state index contributed by atoms with van der Waals surface area (Å²) in [6.45, 7) is -0.956. The van der Waals surface area contributed by atoms with Gasteiger partial charge in [-0.1, -0.05) is 31.2 Å². The van der Waals surface area contributed by atoms with Gasteiger partial charge in [0.1, 0.15) is 5.70 Å². The molecule has 0 saturated carbocycles. The molecule has 0 radical (unpaired) electrons. The molecule has 3 rings (SSSR count). The quantitative estimate of drug-likeness (QED) is 0.580. The summed E-state index contributed by atoms with van der Waals surface area (Å²) >= 11 is 5.34. The summed E-state index contributed by atoms with van der Waals surface area (Å²) in [5.74, 6) is -0.243. The van der Waals surface area contributed by atoms with Crippen molar-refractivity contribution in [3.63, 3.8) is 0 Å². The smallest absolute Gasteiger partial charge is 0.387 e. The minimum Gasteiger partial charge on any atom is -0.493 e. The van der Waals surface area contributed by atoms with Gasteiger partial charge in [-0.2, -0.15) is 8.78 Å². The Bertz CT molecular complexity index is 947. The molecule has 1 heterocycles. The minimum absolute atomic E-state index is 0.0839. The number of aryl methyl sites for hydroxylation is 1. The fourth-order valence-corrected chi connectivity index (χ4v) is 3.21. The second-order valence-corrected chi connectivity index (χ2v) is 6.29. The van der Waals surface area contributed by atoms with E-state index in [9.17, 15) is 13.6 Å². The number of alkyl halides is 2. The summed E-state index contributed by atoms with van der Waals surface area (Å²) in [7, 11) is 1.35. The second kappa shape index (κ2) is 8.35. The van der Waals surface area contributed by atoms with Crippen LogP contribution in [0.3, 0.4) is 0 Å². The van der Waals surface area contributed by atoms with Crippen LogP contribution in [0.5, 0.6) is 11.5 Å². The Morgan fingerprint density at radius 1 is 1.21 bits per heavy atom. The molecule has 1 N–H and O–H groups in total. The maximum atomic E-state index is 12.9. The van der Waals surface area contributed by atoms with Crippen molar-refractivity contribution >= 4 is 35.0 Å². The van der Waals surface area contributed by atoms with Crippen molar-refractivity contribution in [1.29, 1.82) is 0 Å². The van der Waals surface area contributed by atoms with Gasteiger partial charge in [0, 0.05) is 0 Å². The summed E-state index contributed by atoms with van der Waals surface area (Å²) in [5.41, 5.74) is 2.58. The molecule has 0 spiro atoms. The summed E-state index contributed by atoms with van der Waals surface area (Å²) in [4.78, 5) is 14.4. The molecular weight excluding hydrogens is 386 g/mol. The van der Waals surface area contributed by atoms with E-state index in [0.29, 0.717) is 5.56 Å². The zero-order valence-electron chi connectivity index (χ0n) is 15.2. The number of halogens is 2. The normalized spacial score (nSPS) is 15.3. The van der Waals surface area contributed by atoms with Crippen molar-refractivity contribution in [2.24, 2.45) is 0 Å². The van der Waals surface area contributed by atoms with Crippen LogP contribution in [0, 0.1) is 0 Å². The Hall–Kier alpha value is -3.00. The lowest BCUT2D eigenvalue weighted by molar-refractivity contribution is -0.113. The third-order valence-electron chi connectivity index (χ3n) is 4.21. The summed E-state index contributed by atoms with van der Waals surface area (Å²) in [6, 6.07) is 12.0. The van der Waals surface area contributed by atoms with Gasteiger partial charge in [-0.15, -0.1) is 0 Å². The summed E-state index contributed by atoms with van der Waals surface area (Å²) < 4.78 is 34.4. The van der Waals surface area contributed by atoms with Crippen LogP contribution in [0.1, 0.15) is 18.1 Å². The summed E-state index contributed by atoms with van der Waals surface area (Å²) in [6.07, 6.45) is 2.34. The lowest BCUT2D eigenvalue weighted by Crippen LogP contribution is -2.31. The van der Waals surface area contributed by atoms with Crippen molar-refractivity contribution in [2.45, 2.75) is 20.0 Å². The number of ether oxygens (including phenoxy) is 2. The van der Waals surface area contributed by atoms with Gasteiger partial charge in [0.05, 0.1) is 12.8 Å². The zero-order valence-corrected chi connectivity index (χ0v) is 16.1. The number of carbonyl (C=O) groups is 1. The molecule has 1 amide bonds. The van der Waals surface area contributed by atoms with Gasteiger partial charge in [-0.05, 0) is 54.0 Å². The number of carbonyl (C=O) groups excluding carboxylic acids is 1. The predicted octanol–water partition coefficient (Wildman–Crippen LogP) is 4.12. The van der Waals surface area contributed by atoms with Crippen molar-refractivity contribution in [3.8, 4) is 11.5 Å². The molecule has 146 valence electrons. The highest BCUT2D eigenvalue weighted by Crippen LogP contribution is 2.31. The van der Waals surface area contributed by atoms with Gasteiger partial charge in [0.2, 0.25) is 0 Å². The van der Waals surface area contributed by atoms with E-state index in [1.807, 2.05) is 31.2 Å². The molecule has 5 nitrogen and oxygen atoms in total. The number of amides is 1. The first-order chi connectivity index (χ1) is 13.4. The molecule has 0 aromatic heterocycles. The van der Waals surface area contributed by atoms with E-state index >= 15 is 0 Å². The molecule has 1 aliphatic rings. The van der Waals surface area contributed by atoms with E-state index in [0.717, 1.165) is 17.7 Å². The third-order valence-corrected chi connectivity index (χ3v) is 4.49. The number of anilines is 1. The topological polar surface area (TPSA) is 50.8 Å². The number of hydrogen-bond donors (Lipinski definition) is 1. The van der Waals surface area contributed by atoms with Crippen LogP contribution in [0.15, 0.2) is 48.2 Å². The Kier molecular flexibility index (Phi) is 5.89. The molecule has 2 aromatic rings.